The predicted molar refractivity (Wildman–Crippen MR) is 67.4 cm³/mol. The monoisotopic (exact) mass is 249 g/mol. The first kappa shape index (κ1) is 11.7. The first-order valence-corrected chi connectivity index (χ1v) is 6.70. The summed E-state index contributed by atoms with van der Waals surface area (Å²) in [5.41, 5.74) is 0.936. The lowest BCUT2D eigenvalue weighted by Gasteiger charge is -2.20. The molecular formula is C13H19N3O2. The van der Waals surface area contributed by atoms with Crippen molar-refractivity contribution < 1.29 is 9.90 Å². The molecule has 2 aliphatic rings. The van der Waals surface area contributed by atoms with Gasteiger partial charge in [0, 0.05) is 6.07 Å². The van der Waals surface area contributed by atoms with Crippen molar-refractivity contribution in [2.75, 3.05) is 11.4 Å². The van der Waals surface area contributed by atoms with Gasteiger partial charge in [-0.15, -0.1) is 0 Å². The summed E-state index contributed by atoms with van der Waals surface area (Å²) in [6, 6.07) is 2.37. The molecule has 5 heteroatoms. The van der Waals surface area contributed by atoms with E-state index in [0.717, 1.165) is 24.4 Å². The van der Waals surface area contributed by atoms with Crippen LogP contribution in [-0.2, 0) is 4.79 Å². The van der Waals surface area contributed by atoms with Crippen LogP contribution in [0.4, 0.5) is 5.82 Å². The van der Waals surface area contributed by atoms with Crippen molar-refractivity contribution >= 4 is 11.7 Å². The number of rotatable bonds is 2. The number of aliphatic hydroxyl groups excluding tert-OH is 1. The molecule has 1 aliphatic heterocycles. The van der Waals surface area contributed by atoms with Crippen molar-refractivity contribution in [1.82, 2.24) is 9.78 Å². The maximum Gasteiger partial charge on any atom is 0.230 e. The van der Waals surface area contributed by atoms with E-state index in [1.807, 2.05) is 17.7 Å². The first-order chi connectivity index (χ1) is 8.65. The molecule has 1 saturated heterocycles. The van der Waals surface area contributed by atoms with E-state index in [-0.39, 0.29) is 12.3 Å². The van der Waals surface area contributed by atoms with E-state index in [1.54, 1.807) is 4.90 Å². The summed E-state index contributed by atoms with van der Waals surface area (Å²) < 4.78 is 2.00. The van der Waals surface area contributed by atoms with Gasteiger partial charge in [-0.1, -0.05) is 12.8 Å². The molecule has 5 nitrogen and oxygen atoms in total. The third-order valence-corrected chi connectivity index (χ3v) is 3.89. The molecule has 0 bridgehead atoms. The lowest BCUT2D eigenvalue weighted by atomic mass is 10.2. The number of aliphatic hydroxyl groups is 1. The van der Waals surface area contributed by atoms with E-state index >= 15 is 0 Å². The molecule has 18 heavy (non-hydrogen) atoms. The van der Waals surface area contributed by atoms with Gasteiger partial charge in [-0.25, -0.2) is 4.68 Å². The van der Waals surface area contributed by atoms with Gasteiger partial charge in [0.05, 0.1) is 30.8 Å². The molecule has 1 aliphatic carbocycles. The smallest absolute Gasteiger partial charge is 0.230 e. The van der Waals surface area contributed by atoms with E-state index in [2.05, 4.69) is 5.10 Å². The lowest BCUT2D eigenvalue weighted by molar-refractivity contribution is -0.117. The zero-order valence-corrected chi connectivity index (χ0v) is 10.7. The fraction of sp³-hybridized carbons (Fsp3) is 0.692. The Bertz CT molecular complexity index is 463. The molecule has 98 valence electrons. The van der Waals surface area contributed by atoms with E-state index in [4.69, 9.17) is 0 Å². The summed E-state index contributed by atoms with van der Waals surface area (Å²) in [5.74, 6) is 0.864. The summed E-state index contributed by atoms with van der Waals surface area (Å²) in [4.78, 5) is 13.6. The molecular weight excluding hydrogens is 230 g/mol. The minimum Gasteiger partial charge on any atom is -0.391 e. The van der Waals surface area contributed by atoms with Gasteiger partial charge in [-0.05, 0) is 19.8 Å². The number of β-amino-alcohol motifs (C(OH)–C–C–N with tert-alkyl or cyclic N) is 1. The highest BCUT2D eigenvalue weighted by atomic mass is 16.3. The summed E-state index contributed by atoms with van der Waals surface area (Å²) in [6.07, 6.45) is 4.44. The number of aryl methyl sites for hydroxylation is 1. The van der Waals surface area contributed by atoms with Gasteiger partial charge in [0.25, 0.3) is 0 Å². The zero-order chi connectivity index (χ0) is 12.7. The molecule has 3 rings (SSSR count). The van der Waals surface area contributed by atoms with Crippen LogP contribution in [0.1, 0.15) is 43.8 Å². The fourth-order valence-corrected chi connectivity index (χ4v) is 3.03. The Hall–Kier alpha value is -1.36. The van der Waals surface area contributed by atoms with Gasteiger partial charge in [0.2, 0.25) is 5.91 Å². The lowest BCUT2D eigenvalue weighted by Crippen LogP contribution is -2.28. The number of amides is 1. The Balaban J connectivity index is 1.93. The number of hydrogen-bond donors (Lipinski definition) is 1. The third-order valence-electron chi connectivity index (χ3n) is 3.89. The molecule has 1 N–H and O–H groups in total. The highest BCUT2D eigenvalue weighted by molar-refractivity contribution is 5.95. The largest absolute Gasteiger partial charge is 0.391 e. The highest BCUT2D eigenvalue weighted by Crippen LogP contribution is 2.34. The first-order valence-electron chi connectivity index (χ1n) is 6.70. The van der Waals surface area contributed by atoms with Crippen LogP contribution in [-0.4, -0.2) is 33.4 Å². The molecule has 0 aromatic carbocycles. The Morgan fingerprint density at radius 1 is 1.39 bits per heavy atom. The van der Waals surface area contributed by atoms with E-state index in [1.165, 1.54) is 12.8 Å². The minimum atomic E-state index is -0.537. The van der Waals surface area contributed by atoms with Gasteiger partial charge in [-0.3, -0.25) is 9.69 Å². The zero-order valence-electron chi connectivity index (χ0n) is 10.7. The van der Waals surface area contributed by atoms with E-state index in [9.17, 15) is 9.90 Å². The second kappa shape index (κ2) is 4.39. The molecule has 1 aromatic rings. The summed E-state index contributed by atoms with van der Waals surface area (Å²) >= 11 is 0. The van der Waals surface area contributed by atoms with Crippen LogP contribution in [0.5, 0.6) is 0 Å². The van der Waals surface area contributed by atoms with Crippen molar-refractivity contribution in [1.29, 1.82) is 0 Å². The number of hydrogen-bond acceptors (Lipinski definition) is 3. The Morgan fingerprint density at radius 2 is 2.11 bits per heavy atom. The topological polar surface area (TPSA) is 58.4 Å². The average Bonchev–Trinajstić information content (AvgIpc) is 2.98. The van der Waals surface area contributed by atoms with Crippen molar-refractivity contribution in [3.05, 3.63) is 11.8 Å². The van der Waals surface area contributed by atoms with Crippen LogP contribution < -0.4 is 4.90 Å². The highest BCUT2D eigenvalue weighted by Gasteiger charge is 2.33. The Kier molecular flexibility index (Phi) is 2.86. The number of carbonyl (C=O) groups is 1. The normalized spacial score (nSPS) is 25.3. The van der Waals surface area contributed by atoms with E-state index in [0.29, 0.717) is 12.6 Å². The van der Waals surface area contributed by atoms with Crippen molar-refractivity contribution in [3.63, 3.8) is 0 Å². The molecule has 0 radical (unpaired) electrons. The van der Waals surface area contributed by atoms with Gasteiger partial charge in [0.1, 0.15) is 5.82 Å². The van der Waals surface area contributed by atoms with Crippen LogP contribution in [0, 0.1) is 6.92 Å². The van der Waals surface area contributed by atoms with Crippen molar-refractivity contribution in [3.8, 4) is 0 Å². The van der Waals surface area contributed by atoms with Crippen LogP contribution in [0.2, 0.25) is 0 Å². The van der Waals surface area contributed by atoms with Gasteiger partial charge < -0.3 is 5.11 Å². The molecule has 2 fully saturated rings. The summed E-state index contributed by atoms with van der Waals surface area (Å²) in [5, 5.41) is 14.1. The van der Waals surface area contributed by atoms with E-state index < -0.39 is 6.10 Å². The van der Waals surface area contributed by atoms with Gasteiger partial charge in [0.15, 0.2) is 0 Å². The van der Waals surface area contributed by atoms with Gasteiger partial charge in [-0.2, -0.15) is 5.10 Å². The molecule has 1 unspecified atom stereocenters. The fourth-order valence-electron chi connectivity index (χ4n) is 3.03. The number of carbonyl (C=O) groups excluding carboxylic acids is 1. The second-order valence-electron chi connectivity index (χ2n) is 5.39. The second-order valence-corrected chi connectivity index (χ2v) is 5.39. The average molecular weight is 249 g/mol. The molecule has 1 amide bonds. The number of anilines is 1. The van der Waals surface area contributed by atoms with Crippen LogP contribution >= 0.6 is 0 Å². The molecule has 2 heterocycles. The Labute approximate surface area is 106 Å². The molecule has 0 spiro atoms. The minimum absolute atomic E-state index is 0.00152. The Morgan fingerprint density at radius 3 is 2.72 bits per heavy atom. The van der Waals surface area contributed by atoms with Crippen molar-refractivity contribution in [2.45, 2.75) is 51.2 Å². The van der Waals surface area contributed by atoms with Gasteiger partial charge >= 0.3 is 0 Å². The maximum absolute atomic E-state index is 11.9. The summed E-state index contributed by atoms with van der Waals surface area (Å²) in [6.45, 7) is 2.35. The SMILES string of the molecule is Cc1cc(N2CC(O)CC2=O)n(C2CCCC2)n1. The maximum atomic E-state index is 11.9. The standard InChI is InChI=1S/C13H19N3O2/c1-9-6-12(15-8-11(17)7-13(15)18)16(14-9)10-4-2-3-5-10/h6,10-11,17H,2-5,7-8H2,1H3. The summed E-state index contributed by atoms with van der Waals surface area (Å²) in [7, 11) is 0. The van der Waals surface area contributed by atoms with Crippen molar-refractivity contribution in [2.24, 2.45) is 0 Å². The van der Waals surface area contributed by atoms with Crippen LogP contribution in [0.15, 0.2) is 6.07 Å². The van der Waals surface area contributed by atoms with Crippen LogP contribution in [0.25, 0.3) is 0 Å². The number of aromatic nitrogens is 2. The van der Waals surface area contributed by atoms with Crippen LogP contribution in [0.3, 0.4) is 0 Å². The predicted octanol–water partition coefficient (Wildman–Crippen LogP) is 1.40. The molecule has 1 aromatic heterocycles. The quantitative estimate of drug-likeness (QED) is 0.862. The molecule has 1 saturated carbocycles. The third kappa shape index (κ3) is 1.92. The molecule has 1 atom stereocenters. The number of nitrogens with zero attached hydrogens (tertiary/aromatic N) is 3.